The molecule has 2 nitrogen and oxygen atoms in total. The summed E-state index contributed by atoms with van der Waals surface area (Å²) < 4.78 is 0. The van der Waals surface area contributed by atoms with Crippen molar-refractivity contribution in [3.63, 3.8) is 0 Å². The average molecular weight is 352 g/mol. The first kappa shape index (κ1) is 18.0. The van der Waals surface area contributed by atoms with E-state index in [0.717, 1.165) is 42.9 Å². The van der Waals surface area contributed by atoms with Gasteiger partial charge in [-0.15, -0.1) is 13.2 Å². The van der Waals surface area contributed by atoms with Crippen molar-refractivity contribution < 1.29 is 4.79 Å². The molecule has 5 aliphatic rings. The second-order valence-corrected chi connectivity index (χ2v) is 9.59. The molecule has 4 fully saturated rings. The normalized spacial score (nSPS) is 50.7. The van der Waals surface area contributed by atoms with E-state index in [1.807, 2.05) is 6.08 Å². The van der Waals surface area contributed by atoms with Gasteiger partial charge in [0.25, 0.3) is 0 Å². The fraction of sp³-hybridized carbons (Fsp3) is 0.750. The molecule has 0 aromatic heterocycles. The van der Waals surface area contributed by atoms with Crippen LogP contribution in [-0.4, -0.2) is 5.78 Å². The van der Waals surface area contributed by atoms with Crippen LogP contribution in [0.15, 0.2) is 24.8 Å². The Kier molecular flexibility index (Phi) is 4.22. The van der Waals surface area contributed by atoms with E-state index in [4.69, 9.17) is 0 Å². The van der Waals surface area contributed by atoms with Crippen LogP contribution in [0.4, 0.5) is 0 Å². The van der Waals surface area contributed by atoms with Crippen molar-refractivity contribution in [2.45, 2.75) is 65.2 Å². The van der Waals surface area contributed by atoms with Crippen molar-refractivity contribution in [1.82, 2.24) is 0 Å². The molecule has 8 atom stereocenters. The van der Waals surface area contributed by atoms with Crippen molar-refractivity contribution in [3.05, 3.63) is 24.8 Å². The molecule has 5 rings (SSSR count). The third-order valence-electron chi connectivity index (χ3n) is 9.32. The second-order valence-electron chi connectivity index (χ2n) is 9.59. The molecule has 0 bridgehead atoms. The smallest absolute Gasteiger partial charge is 0.155 e. The van der Waals surface area contributed by atoms with Crippen molar-refractivity contribution in [3.8, 4) is 6.07 Å². The standard InChI is InChI=1S/C22H29NO.C2H4/c1-3-22-9-8-16-15-7-5-14(24)10-13(15)4-6-17(16)20(22)18-11-19(18)21(22,2)12-23;1-2/h10,15-20H,3-9,11H2,1-2H3;1-2H2/t15?,16?,17?,18?,19?,20-,21+,22?;/m1./s1. The summed E-state index contributed by atoms with van der Waals surface area (Å²) in [7, 11) is 0. The predicted octanol–water partition coefficient (Wildman–Crippen LogP) is 5.71. The first-order chi connectivity index (χ1) is 12.6. The van der Waals surface area contributed by atoms with Gasteiger partial charge < -0.3 is 0 Å². The topological polar surface area (TPSA) is 40.9 Å². The third kappa shape index (κ3) is 2.07. The SMILES string of the molecule is C=C.CCC12CCC3C4CCC(=O)C=C4CCC3[C@@H]1C1CC1[C@]2(C)C#N. The number of carbonyl (C=O) groups excluding carboxylic acids is 1. The van der Waals surface area contributed by atoms with Crippen LogP contribution < -0.4 is 0 Å². The Hall–Kier alpha value is -1.36. The fourth-order valence-electron chi connectivity index (χ4n) is 8.28. The summed E-state index contributed by atoms with van der Waals surface area (Å²) in [4.78, 5) is 11.8. The Balaban J connectivity index is 0.000000814. The molecule has 140 valence electrons. The van der Waals surface area contributed by atoms with Gasteiger partial charge in [0.1, 0.15) is 0 Å². The summed E-state index contributed by atoms with van der Waals surface area (Å²) in [6.45, 7) is 10.6. The highest BCUT2D eigenvalue weighted by molar-refractivity contribution is 5.91. The Labute approximate surface area is 158 Å². The number of hydrogen-bond donors (Lipinski definition) is 0. The molecule has 0 radical (unpaired) electrons. The maximum Gasteiger partial charge on any atom is 0.155 e. The Morgan fingerprint density at radius 2 is 1.96 bits per heavy atom. The van der Waals surface area contributed by atoms with Gasteiger partial charge in [0, 0.05) is 6.42 Å². The summed E-state index contributed by atoms with van der Waals surface area (Å²) >= 11 is 0. The van der Waals surface area contributed by atoms with Crippen LogP contribution in [0.3, 0.4) is 0 Å². The van der Waals surface area contributed by atoms with Crippen LogP contribution in [0.1, 0.15) is 65.2 Å². The number of ketones is 1. The van der Waals surface area contributed by atoms with Crippen LogP contribution in [0.25, 0.3) is 0 Å². The van der Waals surface area contributed by atoms with Crippen LogP contribution in [0, 0.1) is 57.7 Å². The number of allylic oxidation sites excluding steroid dienone is 1. The molecule has 5 aliphatic carbocycles. The minimum atomic E-state index is -0.0826. The summed E-state index contributed by atoms with van der Waals surface area (Å²) in [5, 5.41) is 10.1. The maximum absolute atomic E-state index is 11.8. The monoisotopic (exact) mass is 351 g/mol. The molecule has 0 aromatic carbocycles. The molecule has 0 heterocycles. The minimum Gasteiger partial charge on any atom is -0.295 e. The van der Waals surface area contributed by atoms with Gasteiger partial charge in [-0.3, -0.25) is 4.79 Å². The molecule has 0 saturated heterocycles. The predicted molar refractivity (Wildman–Crippen MR) is 104 cm³/mol. The van der Waals surface area contributed by atoms with Gasteiger partial charge >= 0.3 is 0 Å². The van der Waals surface area contributed by atoms with Crippen LogP contribution in [0.2, 0.25) is 0 Å². The lowest BCUT2D eigenvalue weighted by molar-refractivity contribution is -0.116. The lowest BCUT2D eigenvalue weighted by atomic mass is 9.46. The third-order valence-corrected chi connectivity index (χ3v) is 9.32. The number of rotatable bonds is 1. The zero-order valence-corrected chi connectivity index (χ0v) is 16.5. The molecule has 0 aliphatic heterocycles. The van der Waals surface area contributed by atoms with Crippen molar-refractivity contribution in [2.75, 3.05) is 0 Å². The highest BCUT2D eigenvalue weighted by Gasteiger charge is 2.75. The van der Waals surface area contributed by atoms with Gasteiger partial charge in [0.15, 0.2) is 5.78 Å². The van der Waals surface area contributed by atoms with Crippen molar-refractivity contribution >= 4 is 5.78 Å². The molecule has 0 spiro atoms. The lowest BCUT2D eigenvalue weighted by Crippen LogP contribution is -2.52. The second kappa shape index (κ2) is 6.08. The van der Waals surface area contributed by atoms with Crippen LogP contribution in [0.5, 0.6) is 0 Å². The summed E-state index contributed by atoms with van der Waals surface area (Å²) in [6.07, 6.45) is 11.3. The van der Waals surface area contributed by atoms with E-state index in [0.29, 0.717) is 17.6 Å². The molecule has 4 saturated carbocycles. The summed E-state index contributed by atoms with van der Waals surface area (Å²) in [6, 6.07) is 2.82. The van der Waals surface area contributed by atoms with E-state index in [1.165, 1.54) is 37.7 Å². The molecular formula is C24H33NO. The minimum absolute atomic E-state index is 0.0826. The Morgan fingerprint density at radius 3 is 2.65 bits per heavy atom. The van der Waals surface area contributed by atoms with Crippen molar-refractivity contribution in [1.29, 1.82) is 5.26 Å². The van der Waals surface area contributed by atoms with E-state index in [2.05, 4.69) is 33.1 Å². The molecule has 2 heteroatoms. The van der Waals surface area contributed by atoms with Gasteiger partial charge in [-0.05, 0) is 98.9 Å². The zero-order chi connectivity index (χ0) is 18.7. The van der Waals surface area contributed by atoms with Gasteiger partial charge in [-0.25, -0.2) is 0 Å². The Morgan fingerprint density at radius 1 is 1.19 bits per heavy atom. The number of hydrogen-bond acceptors (Lipinski definition) is 2. The van der Waals surface area contributed by atoms with E-state index in [1.54, 1.807) is 0 Å². The number of carbonyl (C=O) groups is 1. The van der Waals surface area contributed by atoms with E-state index >= 15 is 0 Å². The average Bonchev–Trinajstić information content (AvgIpc) is 3.44. The van der Waals surface area contributed by atoms with Crippen molar-refractivity contribution in [2.24, 2.45) is 46.3 Å². The Bertz CT molecular complexity index is 687. The highest BCUT2D eigenvalue weighted by atomic mass is 16.1. The van der Waals surface area contributed by atoms with Crippen LogP contribution in [-0.2, 0) is 4.79 Å². The van der Waals surface area contributed by atoms with Gasteiger partial charge in [-0.2, -0.15) is 5.26 Å². The number of nitrogens with zero attached hydrogens (tertiary/aromatic N) is 1. The first-order valence-electron chi connectivity index (χ1n) is 10.7. The molecule has 26 heavy (non-hydrogen) atoms. The molecule has 6 unspecified atom stereocenters. The molecule has 0 amide bonds. The zero-order valence-electron chi connectivity index (χ0n) is 16.5. The molecular weight excluding hydrogens is 318 g/mol. The van der Waals surface area contributed by atoms with E-state index in [-0.39, 0.29) is 10.8 Å². The molecule has 0 aromatic rings. The first-order valence-corrected chi connectivity index (χ1v) is 10.7. The summed E-state index contributed by atoms with van der Waals surface area (Å²) in [5.74, 6) is 4.95. The highest BCUT2D eigenvalue weighted by Crippen LogP contribution is 2.79. The quantitative estimate of drug-likeness (QED) is 0.568. The largest absolute Gasteiger partial charge is 0.295 e. The van der Waals surface area contributed by atoms with Gasteiger partial charge in [0.2, 0.25) is 0 Å². The lowest BCUT2D eigenvalue weighted by Gasteiger charge is -2.57. The maximum atomic E-state index is 11.8. The van der Waals surface area contributed by atoms with Gasteiger partial charge in [0.05, 0.1) is 11.5 Å². The number of fused-ring (bicyclic) bond motifs is 7. The molecule has 0 N–H and O–H groups in total. The number of nitriles is 1. The fourth-order valence-corrected chi connectivity index (χ4v) is 8.28. The van der Waals surface area contributed by atoms with Gasteiger partial charge in [-0.1, -0.05) is 12.5 Å². The van der Waals surface area contributed by atoms with E-state index < -0.39 is 0 Å². The van der Waals surface area contributed by atoms with Crippen LogP contribution >= 0.6 is 0 Å². The van der Waals surface area contributed by atoms with E-state index in [9.17, 15) is 10.1 Å². The summed E-state index contributed by atoms with van der Waals surface area (Å²) in [5.41, 5.74) is 1.67.